The highest BCUT2D eigenvalue weighted by Crippen LogP contribution is 2.44. The SMILES string of the molecule is CC1C/C=C(\c2ccc3oc4ccccc4c3c2-n2c3ccccc3c3cc4ccccc4cc32)N=C(c2ccc(-c3ccccc3)cc2)N=C1n1c2ccccc2c2ccccc21. The molecule has 0 spiro atoms. The van der Waals surface area contributed by atoms with Crippen molar-refractivity contribution in [2.75, 3.05) is 0 Å². The minimum absolute atomic E-state index is 0.0323. The molecular weight excluding hydrogens is 781 g/mol. The lowest BCUT2D eigenvalue weighted by Crippen LogP contribution is -2.23. The van der Waals surface area contributed by atoms with Crippen LogP contribution in [0.15, 0.2) is 221 Å². The van der Waals surface area contributed by atoms with Crippen molar-refractivity contribution in [3.63, 3.8) is 0 Å². The van der Waals surface area contributed by atoms with E-state index in [1.807, 2.05) is 6.07 Å². The van der Waals surface area contributed by atoms with Crippen LogP contribution in [0.4, 0.5) is 0 Å². The Balaban J connectivity index is 1.11. The second-order valence-electron chi connectivity index (χ2n) is 16.9. The number of benzene rings is 9. The Morgan fingerprint density at radius 1 is 0.453 bits per heavy atom. The lowest BCUT2D eigenvalue weighted by atomic mass is 9.98. The zero-order valence-electron chi connectivity index (χ0n) is 35.1. The lowest BCUT2D eigenvalue weighted by molar-refractivity contribution is 0.669. The molecule has 12 aromatic rings. The van der Waals surface area contributed by atoms with E-state index < -0.39 is 0 Å². The molecule has 0 aliphatic carbocycles. The molecule has 5 heteroatoms. The number of fused-ring (bicyclic) bond motifs is 10. The van der Waals surface area contributed by atoms with Gasteiger partial charge < -0.3 is 8.98 Å². The minimum Gasteiger partial charge on any atom is -0.456 e. The van der Waals surface area contributed by atoms with Crippen molar-refractivity contribution in [3.05, 3.63) is 217 Å². The molecule has 1 atom stereocenters. The Kier molecular flexibility index (Phi) is 8.19. The second kappa shape index (κ2) is 14.4. The van der Waals surface area contributed by atoms with Crippen molar-refractivity contribution >= 4 is 93.7 Å². The normalized spacial score (nSPS) is 15.5. The maximum Gasteiger partial charge on any atom is 0.161 e. The zero-order chi connectivity index (χ0) is 42.3. The van der Waals surface area contributed by atoms with Crippen molar-refractivity contribution in [3.8, 4) is 16.8 Å². The Bertz CT molecular complexity index is 3880. The number of hydrogen-bond donors (Lipinski definition) is 0. The van der Waals surface area contributed by atoms with Crippen LogP contribution in [-0.4, -0.2) is 20.8 Å². The van der Waals surface area contributed by atoms with E-state index in [0.717, 1.165) is 84.3 Å². The quantitative estimate of drug-likeness (QED) is 0.174. The molecule has 0 amide bonds. The molecule has 9 aromatic carbocycles. The smallest absolute Gasteiger partial charge is 0.161 e. The highest BCUT2D eigenvalue weighted by atomic mass is 16.3. The second-order valence-corrected chi connectivity index (χ2v) is 16.9. The van der Waals surface area contributed by atoms with Crippen molar-refractivity contribution in [1.82, 2.24) is 9.13 Å². The Morgan fingerprint density at radius 3 is 1.73 bits per heavy atom. The van der Waals surface area contributed by atoms with Crippen LogP contribution in [0, 0.1) is 5.92 Å². The van der Waals surface area contributed by atoms with Gasteiger partial charge >= 0.3 is 0 Å². The number of amidine groups is 1. The predicted octanol–water partition coefficient (Wildman–Crippen LogP) is 15.4. The van der Waals surface area contributed by atoms with E-state index in [1.165, 1.54) is 37.9 Å². The molecule has 0 N–H and O–H groups in total. The third-order valence-electron chi connectivity index (χ3n) is 13.2. The van der Waals surface area contributed by atoms with Crippen LogP contribution in [-0.2, 0) is 0 Å². The van der Waals surface area contributed by atoms with E-state index in [2.05, 4.69) is 216 Å². The molecule has 5 nitrogen and oxygen atoms in total. The van der Waals surface area contributed by atoms with E-state index in [-0.39, 0.29) is 5.92 Å². The first kappa shape index (κ1) is 36.4. The first-order valence-electron chi connectivity index (χ1n) is 22.0. The third-order valence-corrected chi connectivity index (χ3v) is 13.2. The molecule has 0 bridgehead atoms. The summed E-state index contributed by atoms with van der Waals surface area (Å²) in [5, 5.41) is 9.34. The molecule has 4 heterocycles. The molecular formula is C59H40N4O. The lowest BCUT2D eigenvalue weighted by Gasteiger charge is -2.22. The highest BCUT2D eigenvalue weighted by Gasteiger charge is 2.26. The number of nitrogens with zero attached hydrogens (tertiary/aromatic N) is 4. The Hall–Kier alpha value is -8.28. The summed E-state index contributed by atoms with van der Waals surface area (Å²) in [6.45, 7) is 2.30. The molecule has 0 saturated carbocycles. The van der Waals surface area contributed by atoms with Gasteiger partial charge in [0, 0.05) is 44.0 Å². The van der Waals surface area contributed by atoms with Crippen LogP contribution in [0.25, 0.3) is 98.8 Å². The standard InChI is InChI=1S/C59H40N4O/c1-37-27-33-49(60-58(40-30-28-39(29-31-40)38-15-3-2-4-16-38)61-59(37)63-51-24-12-7-19-43(51)44-20-8-13-25-52(44)63)46-32-34-55-56(47-22-10-14-26-54(47)64-55)57(46)62-50-23-11-9-21-45(50)48-35-41-17-5-6-18-42(41)36-53(48)62/h2-26,28-37H,27H2,1H3/b49-33+,60-58?,61-59?. The van der Waals surface area contributed by atoms with E-state index in [9.17, 15) is 0 Å². The van der Waals surface area contributed by atoms with Gasteiger partial charge in [-0.2, -0.15) is 0 Å². The van der Waals surface area contributed by atoms with Gasteiger partial charge in [0.2, 0.25) is 0 Å². The van der Waals surface area contributed by atoms with E-state index in [0.29, 0.717) is 5.84 Å². The molecule has 0 fully saturated rings. The van der Waals surface area contributed by atoms with Gasteiger partial charge in [-0.05, 0) is 76.9 Å². The summed E-state index contributed by atoms with van der Waals surface area (Å²) in [5.41, 5.74) is 12.4. The molecule has 302 valence electrons. The summed E-state index contributed by atoms with van der Waals surface area (Å²) in [6, 6.07) is 71.4. The maximum absolute atomic E-state index is 6.66. The summed E-state index contributed by atoms with van der Waals surface area (Å²) in [7, 11) is 0. The predicted molar refractivity (Wildman–Crippen MR) is 268 cm³/mol. The fraction of sp³-hybridized carbons (Fsp3) is 0.0508. The monoisotopic (exact) mass is 820 g/mol. The molecule has 0 saturated heterocycles. The average Bonchev–Trinajstić information content (AvgIpc) is 4.00. The van der Waals surface area contributed by atoms with Gasteiger partial charge in [-0.15, -0.1) is 0 Å². The van der Waals surface area contributed by atoms with Gasteiger partial charge in [0.25, 0.3) is 0 Å². The summed E-state index contributed by atoms with van der Waals surface area (Å²) >= 11 is 0. The fourth-order valence-corrected chi connectivity index (χ4v) is 10.1. The molecule has 13 rings (SSSR count). The third kappa shape index (κ3) is 5.64. The Morgan fingerprint density at radius 2 is 1.02 bits per heavy atom. The van der Waals surface area contributed by atoms with Crippen molar-refractivity contribution in [2.45, 2.75) is 13.3 Å². The number of hydrogen-bond acceptors (Lipinski definition) is 3. The van der Waals surface area contributed by atoms with Gasteiger partial charge in [-0.25, -0.2) is 9.98 Å². The molecule has 64 heavy (non-hydrogen) atoms. The number of allylic oxidation sites excluding steroid dienone is 1. The largest absolute Gasteiger partial charge is 0.456 e. The minimum atomic E-state index is 0.0323. The van der Waals surface area contributed by atoms with Crippen LogP contribution in [0.1, 0.15) is 24.5 Å². The zero-order valence-corrected chi connectivity index (χ0v) is 35.1. The average molecular weight is 821 g/mol. The first-order chi connectivity index (χ1) is 31.7. The number of furan rings is 1. The summed E-state index contributed by atoms with van der Waals surface area (Å²) in [4.78, 5) is 11.4. The van der Waals surface area contributed by atoms with E-state index in [4.69, 9.17) is 14.4 Å². The molecule has 1 aliphatic heterocycles. The van der Waals surface area contributed by atoms with Crippen LogP contribution >= 0.6 is 0 Å². The van der Waals surface area contributed by atoms with Gasteiger partial charge in [-0.3, -0.25) is 4.57 Å². The topological polar surface area (TPSA) is 47.7 Å². The van der Waals surface area contributed by atoms with Crippen LogP contribution in [0.2, 0.25) is 0 Å². The number of aliphatic imine (C=N–C) groups is 2. The van der Waals surface area contributed by atoms with Crippen molar-refractivity contribution < 1.29 is 4.42 Å². The summed E-state index contributed by atoms with van der Waals surface area (Å²) in [5.74, 6) is 1.65. The molecule has 1 aliphatic rings. The van der Waals surface area contributed by atoms with Crippen molar-refractivity contribution in [1.29, 1.82) is 0 Å². The highest BCUT2D eigenvalue weighted by molar-refractivity contribution is 6.20. The summed E-state index contributed by atoms with van der Waals surface area (Å²) in [6.07, 6.45) is 3.06. The van der Waals surface area contributed by atoms with E-state index in [1.54, 1.807) is 0 Å². The maximum atomic E-state index is 6.66. The van der Waals surface area contributed by atoms with Gasteiger partial charge in [0.1, 0.15) is 17.0 Å². The fourth-order valence-electron chi connectivity index (χ4n) is 10.1. The van der Waals surface area contributed by atoms with E-state index >= 15 is 0 Å². The Labute approximate surface area is 369 Å². The number of rotatable bonds is 4. The first-order valence-corrected chi connectivity index (χ1v) is 22.0. The van der Waals surface area contributed by atoms with Crippen LogP contribution in [0.3, 0.4) is 0 Å². The number of para-hydroxylation sites is 4. The van der Waals surface area contributed by atoms with Crippen molar-refractivity contribution in [2.24, 2.45) is 15.9 Å². The summed E-state index contributed by atoms with van der Waals surface area (Å²) < 4.78 is 11.5. The number of aromatic nitrogens is 2. The van der Waals surface area contributed by atoms with Gasteiger partial charge in [-0.1, -0.05) is 165 Å². The van der Waals surface area contributed by atoms with Gasteiger partial charge in [0.15, 0.2) is 5.84 Å². The van der Waals surface area contributed by atoms with Crippen LogP contribution < -0.4 is 0 Å². The van der Waals surface area contributed by atoms with Gasteiger partial charge in [0.05, 0.1) is 38.8 Å². The van der Waals surface area contributed by atoms with Crippen LogP contribution in [0.5, 0.6) is 0 Å². The molecule has 3 aromatic heterocycles. The molecule has 1 unspecified atom stereocenters. The molecule has 0 radical (unpaired) electrons.